The molecule has 0 saturated heterocycles. The van der Waals surface area contributed by atoms with Crippen LogP contribution in [0.25, 0.3) is 17.1 Å². The first-order chi connectivity index (χ1) is 11.7. The van der Waals surface area contributed by atoms with Gasteiger partial charge in [0.1, 0.15) is 6.33 Å². The zero-order valence-corrected chi connectivity index (χ0v) is 13.3. The van der Waals surface area contributed by atoms with Crippen LogP contribution in [0.1, 0.15) is 11.6 Å². The molecule has 0 aliphatic heterocycles. The lowest BCUT2D eigenvalue weighted by molar-refractivity contribution is 0.503. The molecule has 0 fully saturated rings. The van der Waals surface area contributed by atoms with Gasteiger partial charge in [-0.2, -0.15) is 9.61 Å². The summed E-state index contributed by atoms with van der Waals surface area (Å²) >= 11 is 0. The topological polar surface area (TPSA) is 85.2 Å². The van der Waals surface area contributed by atoms with Crippen molar-refractivity contribution in [3.63, 3.8) is 0 Å². The highest BCUT2D eigenvalue weighted by molar-refractivity contribution is 5.67. The maximum absolute atomic E-state index is 5.76. The second-order valence-corrected chi connectivity index (χ2v) is 5.49. The van der Waals surface area contributed by atoms with Gasteiger partial charge in [-0.15, -0.1) is 20.4 Å². The number of fused-ring (bicyclic) bond motifs is 1. The van der Waals surface area contributed by atoms with E-state index in [2.05, 4.69) is 25.5 Å². The van der Waals surface area contributed by atoms with Crippen molar-refractivity contribution in [2.75, 3.05) is 11.9 Å². The van der Waals surface area contributed by atoms with Gasteiger partial charge in [0.15, 0.2) is 0 Å². The van der Waals surface area contributed by atoms with E-state index < -0.39 is 0 Å². The lowest BCUT2D eigenvalue weighted by atomic mass is 10.2. The maximum atomic E-state index is 5.76. The van der Waals surface area contributed by atoms with Crippen molar-refractivity contribution in [2.24, 2.45) is 0 Å². The van der Waals surface area contributed by atoms with Crippen molar-refractivity contribution in [1.82, 2.24) is 30.0 Å². The van der Waals surface area contributed by atoms with Crippen molar-refractivity contribution < 1.29 is 4.42 Å². The summed E-state index contributed by atoms with van der Waals surface area (Å²) in [6.45, 7) is 2.39. The minimum atomic E-state index is 0.464. The zero-order chi connectivity index (χ0) is 16.5. The highest BCUT2D eigenvalue weighted by atomic mass is 16.4. The molecule has 0 amide bonds. The number of aromatic nitrogens is 6. The smallest absolute Gasteiger partial charge is 0.247 e. The predicted octanol–water partition coefficient (Wildman–Crippen LogP) is 2.12. The summed E-state index contributed by atoms with van der Waals surface area (Å²) in [5.41, 5.74) is 3.36. The van der Waals surface area contributed by atoms with E-state index in [1.54, 1.807) is 10.8 Å². The SMILES string of the molecule is Cc1cc(N(C)Cc2nnc(-c3ccccc3)o2)c2nncn2n1. The molecule has 0 spiro atoms. The van der Waals surface area contributed by atoms with Crippen LogP contribution in [0.4, 0.5) is 5.69 Å². The molecule has 4 rings (SSSR count). The van der Waals surface area contributed by atoms with Crippen LogP contribution in [0.15, 0.2) is 47.1 Å². The monoisotopic (exact) mass is 321 g/mol. The van der Waals surface area contributed by atoms with Crippen LogP contribution < -0.4 is 4.90 Å². The predicted molar refractivity (Wildman–Crippen MR) is 87.4 cm³/mol. The molecule has 24 heavy (non-hydrogen) atoms. The fraction of sp³-hybridized carbons (Fsp3) is 0.188. The average molecular weight is 321 g/mol. The standard InChI is InChI=1S/C16H15N7O/c1-11-8-13(15-19-17-10-23(15)21-11)22(2)9-14-18-20-16(24-14)12-6-4-3-5-7-12/h3-8,10H,9H2,1-2H3. The van der Waals surface area contributed by atoms with Crippen molar-refractivity contribution in [3.05, 3.63) is 54.3 Å². The van der Waals surface area contributed by atoms with Gasteiger partial charge in [-0.25, -0.2) is 0 Å². The zero-order valence-electron chi connectivity index (χ0n) is 13.3. The molecule has 4 aromatic rings. The maximum Gasteiger partial charge on any atom is 0.247 e. The molecule has 0 N–H and O–H groups in total. The van der Waals surface area contributed by atoms with E-state index in [9.17, 15) is 0 Å². The highest BCUT2D eigenvalue weighted by Crippen LogP contribution is 2.22. The summed E-state index contributed by atoms with van der Waals surface area (Å²) in [7, 11) is 1.94. The summed E-state index contributed by atoms with van der Waals surface area (Å²) in [6.07, 6.45) is 1.58. The molecule has 0 radical (unpaired) electrons. The Kier molecular flexibility index (Phi) is 3.42. The summed E-state index contributed by atoms with van der Waals surface area (Å²) in [4.78, 5) is 1.99. The third-order valence-corrected chi connectivity index (χ3v) is 3.64. The van der Waals surface area contributed by atoms with Crippen molar-refractivity contribution in [3.8, 4) is 11.5 Å². The second-order valence-electron chi connectivity index (χ2n) is 5.49. The molecule has 0 unspecified atom stereocenters. The van der Waals surface area contributed by atoms with Crippen LogP contribution in [0.3, 0.4) is 0 Å². The van der Waals surface area contributed by atoms with Gasteiger partial charge < -0.3 is 9.32 Å². The van der Waals surface area contributed by atoms with E-state index >= 15 is 0 Å². The Hall–Kier alpha value is -3.29. The minimum Gasteiger partial charge on any atom is -0.419 e. The van der Waals surface area contributed by atoms with Crippen LogP contribution in [0.5, 0.6) is 0 Å². The van der Waals surface area contributed by atoms with Crippen LogP contribution in [0, 0.1) is 6.92 Å². The average Bonchev–Trinajstić information content (AvgIpc) is 3.24. The van der Waals surface area contributed by atoms with E-state index in [1.807, 2.05) is 55.3 Å². The van der Waals surface area contributed by atoms with Crippen LogP contribution in [-0.2, 0) is 6.54 Å². The van der Waals surface area contributed by atoms with Gasteiger partial charge in [-0.1, -0.05) is 18.2 Å². The van der Waals surface area contributed by atoms with Gasteiger partial charge >= 0.3 is 0 Å². The minimum absolute atomic E-state index is 0.464. The molecule has 0 atom stereocenters. The molecule has 1 aromatic carbocycles. The van der Waals surface area contributed by atoms with Gasteiger partial charge in [0.2, 0.25) is 17.4 Å². The summed E-state index contributed by atoms with van der Waals surface area (Å²) in [6, 6.07) is 11.7. The van der Waals surface area contributed by atoms with E-state index in [1.165, 1.54) is 0 Å². The molecular weight excluding hydrogens is 306 g/mol. The fourth-order valence-electron chi connectivity index (χ4n) is 2.52. The van der Waals surface area contributed by atoms with Gasteiger partial charge in [0.25, 0.3) is 0 Å². The molecule has 0 aliphatic rings. The van der Waals surface area contributed by atoms with Gasteiger partial charge in [0.05, 0.1) is 17.9 Å². The number of aryl methyl sites for hydroxylation is 1. The number of hydrogen-bond acceptors (Lipinski definition) is 7. The van der Waals surface area contributed by atoms with Gasteiger partial charge in [0, 0.05) is 12.6 Å². The first kappa shape index (κ1) is 14.3. The number of hydrogen-bond donors (Lipinski definition) is 0. The highest BCUT2D eigenvalue weighted by Gasteiger charge is 2.15. The van der Waals surface area contributed by atoms with E-state index in [-0.39, 0.29) is 0 Å². The Balaban J connectivity index is 1.61. The van der Waals surface area contributed by atoms with Crippen molar-refractivity contribution in [1.29, 1.82) is 0 Å². The fourth-order valence-corrected chi connectivity index (χ4v) is 2.52. The normalized spacial score (nSPS) is 11.1. The third kappa shape index (κ3) is 2.58. The molecule has 0 aliphatic carbocycles. The quantitative estimate of drug-likeness (QED) is 0.569. The number of nitrogens with zero attached hydrogens (tertiary/aromatic N) is 7. The molecule has 0 saturated carbocycles. The molecular formula is C16H15N7O. The molecule has 120 valence electrons. The van der Waals surface area contributed by atoms with Gasteiger partial charge in [-0.05, 0) is 25.1 Å². The van der Waals surface area contributed by atoms with Gasteiger partial charge in [-0.3, -0.25) is 0 Å². The summed E-state index contributed by atoms with van der Waals surface area (Å²) in [5, 5.41) is 20.6. The van der Waals surface area contributed by atoms with E-state index in [0.29, 0.717) is 24.0 Å². The van der Waals surface area contributed by atoms with Crippen LogP contribution in [0.2, 0.25) is 0 Å². The Bertz CT molecular complexity index is 976. The molecule has 8 nitrogen and oxygen atoms in total. The molecule has 0 bridgehead atoms. The largest absolute Gasteiger partial charge is 0.419 e. The summed E-state index contributed by atoms with van der Waals surface area (Å²) in [5.74, 6) is 1.04. The number of rotatable bonds is 4. The number of benzene rings is 1. The lowest BCUT2D eigenvalue weighted by Gasteiger charge is -2.17. The van der Waals surface area contributed by atoms with E-state index in [0.717, 1.165) is 16.9 Å². The summed E-state index contributed by atoms with van der Waals surface area (Å²) < 4.78 is 7.42. The second kappa shape index (κ2) is 5.73. The number of anilines is 1. The van der Waals surface area contributed by atoms with Crippen molar-refractivity contribution >= 4 is 11.3 Å². The van der Waals surface area contributed by atoms with E-state index in [4.69, 9.17) is 4.42 Å². The Morgan fingerprint density at radius 3 is 2.79 bits per heavy atom. The third-order valence-electron chi connectivity index (χ3n) is 3.64. The molecule has 8 heteroatoms. The first-order valence-corrected chi connectivity index (χ1v) is 7.47. The van der Waals surface area contributed by atoms with Crippen LogP contribution in [-0.4, -0.2) is 37.1 Å². The van der Waals surface area contributed by atoms with Crippen molar-refractivity contribution in [2.45, 2.75) is 13.5 Å². The first-order valence-electron chi connectivity index (χ1n) is 7.47. The Morgan fingerprint density at radius 1 is 1.12 bits per heavy atom. The Morgan fingerprint density at radius 2 is 1.96 bits per heavy atom. The lowest BCUT2D eigenvalue weighted by Crippen LogP contribution is -2.18. The Labute approximate surface area is 137 Å². The van der Waals surface area contributed by atoms with Crippen LogP contribution >= 0.6 is 0 Å². The molecule has 3 aromatic heterocycles. The molecule has 3 heterocycles.